The minimum Gasteiger partial charge on any atom is -0.322 e. The van der Waals surface area contributed by atoms with Gasteiger partial charge >= 0.3 is 0 Å². The molecule has 1 aromatic rings. The van der Waals surface area contributed by atoms with Crippen molar-refractivity contribution in [1.82, 2.24) is 0 Å². The number of nitrogens with zero attached hydrogens (tertiary/aromatic N) is 2. The van der Waals surface area contributed by atoms with E-state index in [2.05, 4.69) is 4.99 Å². The molecule has 1 aromatic carbocycles. The summed E-state index contributed by atoms with van der Waals surface area (Å²) < 4.78 is 12.0. The van der Waals surface area contributed by atoms with Crippen LogP contribution in [0.2, 0.25) is 5.02 Å². The summed E-state index contributed by atoms with van der Waals surface area (Å²) in [6.07, 6.45) is 1.86. The van der Waals surface area contributed by atoms with Crippen molar-refractivity contribution in [2.45, 2.75) is 0 Å². The number of hydrogen-bond acceptors (Lipinski definition) is 3. The zero-order chi connectivity index (χ0) is 13.3. The van der Waals surface area contributed by atoms with Crippen LogP contribution in [0.3, 0.4) is 0 Å². The highest BCUT2D eigenvalue weighted by atomic mass is 35.5. The van der Waals surface area contributed by atoms with Crippen LogP contribution < -0.4 is 4.90 Å². The van der Waals surface area contributed by atoms with E-state index in [1.165, 1.54) is 0 Å². The van der Waals surface area contributed by atoms with Crippen molar-refractivity contribution in [3.05, 3.63) is 28.8 Å². The van der Waals surface area contributed by atoms with Crippen LogP contribution in [-0.4, -0.2) is 38.3 Å². The Balaban J connectivity index is 2.48. The Morgan fingerprint density at radius 1 is 1.44 bits per heavy atom. The smallest absolute Gasteiger partial charge is 0.249 e. The Hall–Kier alpha value is -1.12. The molecule has 0 spiro atoms. The van der Waals surface area contributed by atoms with Gasteiger partial charge < -0.3 is 9.46 Å². The van der Waals surface area contributed by atoms with Crippen LogP contribution in [0.4, 0.5) is 5.69 Å². The lowest BCUT2D eigenvalue weighted by atomic mass is 10.2. The van der Waals surface area contributed by atoms with Crippen molar-refractivity contribution in [2.24, 2.45) is 4.99 Å². The number of carbonyl (C=O) groups excluding carboxylic acids is 1. The SMILES string of the molecule is CP(C)(=O)CN1C(=O)CN=Cc2cc(Cl)ccc21. The number of fused-ring (bicyclic) bond motifs is 1. The van der Waals surface area contributed by atoms with Gasteiger partial charge in [-0.15, -0.1) is 0 Å². The van der Waals surface area contributed by atoms with E-state index in [1.54, 1.807) is 42.6 Å². The fourth-order valence-electron chi connectivity index (χ4n) is 1.81. The Morgan fingerprint density at radius 3 is 2.83 bits per heavy atom. The molecule has 0 saturated heterocycles. The first-order valence-corrected chi connectivity index (χ1v) is 8.67. The van der Waals surface area contributed by atoms with Gasteiger partial charge in [-0.2, -0.15) is 0 Å². The van der Waals surface area contributed by atoms with Gasteiger partial charge in [0, 0.05) is 16.8 Å². The highest BCUT2D eigenvalue weighted by Gasteiger charge is 2.24. The minimum absolute atomic E-state index is 0.0757. The number of aliphatic imine (C=N–C) groups is 1. The molecule has 4 nitrogen and oxygen atoms in total. The number of amides is 1. The molecule has 2 rings (SSSR count). The number of benzodiazepines with no additional fused rings is 1. The second-order valence-electron chi connectivity index (χ2n) is 4.71. The fraction of sp³-hybridized carbons (Fsp3) is 0.333. The van der Waals surface area contributed by atoms with Crippen molar-refractivity contribution in [3.8, 4) is 0 Å². The van der Waals surface area contributed by atoms with Gasteiger partial charge in [0.15, 0.2) is 0 Å². The summed E-state index contributed by atoms with van der Waals surface area (Å²) in [6, 6.07) is 5.24. The molecule has 0 bridgehead atoms. The molecule has 0 aliphatic carbocycles. The Kier molecular flexibility index (Phi) is 3.60. The summed E-state index contributed by atoms with van der Waals surface area (Å²) in [4.78, 5) is 17.6. The molecule has 0 fully saturated rings. The zero-order valence-corrected chi connectivity index (χ0v) is 11.9. The molecule has 1 heterocycles. The van der Waals surface area contributed by atoms with Crippen molar-refractivity contribution < 1.29 is 9.36 Å². The van der Waals surface area contributed by atoms with E-state index in [0.29, 0.717) is 5.02 Å². The summed E-state index contributed by atoms with van der Waals surface area (Å²) in [6.45, 7) is 3.41. The van der Waals surface area contributed by atoms with E-state index in [1.807, 2.05) is 0 Å². The molecule has 0 atom stereocenters. The third-order valence-electron chi connectivity index (χ3n) is 2.52. The standard InChI is InChI=1S/C12H14ClN2O2P/c1-18(2,17)8-15-11-4-3-10(13)5-9(11)6-14-7-12(15)16/h3-6H,7-8H2,1-2H3. The molecule has 0 unspecified atom stereocenters. The van der Waals surface area contributed by atoms with Gasteiger partial charge in [0.1, 0.15) is 13.7 Å². The van der Waals surface area contributed by atoms with Crippen LogP contribution in [0.15, 0.2) is 23.2 Å². The maximum Gasteiger partial charge on any atom is 0.249 e. The van der Waals surface area contributed by atoms with Crippen LogP contribution in [-0.2, 0) is 9.36 Å². The van der Waals surface area contributed by atoms with Crippen molar-refractivity contribution >= 4 is 36.6 Å². The third-order valence-corrected chi connectivity index (χ3v) is 3.72. The maximum absolute atomic E-state index is 12.0. The molecule has 96 valence electrons. The van der Waals surface area contributed by atoms with Crippen LogP contribution >= 0.6 is 18.7 Å². The molecule has 0 N–H and O–H groups in total. The molecule has 0 radical (unpaired) electrons. The van der Waals surface area contributed by atoms with E-state index >= 15 is 0 Å². The lowest BCUT2D eigenvalue weighted by Crippen LogP contribution is -2.33. The number of hydrogen-bond donors (Lipinski definition) is 0. The number of rotatable bonds is 2. The van der Waals surface area contributed by atoms with Gasteiger partial charge in [0.05, 0.1) is 12.0 Å². The molecule has 1 amide bonds. The summed E-state index contributed by atoms with van der Waals surface area (Å²) in [5.41, 5.74) is 1.50. The molecule has 0 saturated carbocycles. The number of benzene rings is 1. The number of carbonyl (C=O) groups is 1. The molecule has 6 heteroatoms. The van der Waals surface area contributed by atoms with Gasteiger partial charge in [0.2, 0.25) is 5.91 Å². The maximum atomic E-state index is 12.0. The molecular formula is C12H14ClN2O2P. The van der Waals surface area contributed by atoms with E-state index in [9.17, 15) is 9.36 Å². The summed E-state index contributed by atoms with van der Waals surface area (Å²) in [5.74, 6) is -0.142. The second-order valence-corrected chi connectivity index (χ2v) is 8.58. The first-order valence-electron chi connectivity index (χ1n) is 5.50. The van der Waals surface area contributed by atoms with Gasteiger partial charge in [-0.3, -0.25) is 9.79 Å². The van der Waals surface area contributed by atoms with E-state index in [0.717, 1.165) is 11.3 Å². The monoisotopic (exact) mass is 284 g/mol. The molecule has 1 aliphatic rings. The molecular weight excluding hydrogens is 271 g/mol. The molecule has 1 aliphatic heterocycles. The number of anilines is 1. The molecule has 18 heavy (non-hydrogen) atoms. The van der Waals surface area contributed by atoms with E-state index < -0.39 is 7.14 Å². The summed E-state index contributed by atoms with van der Waals surface area (Å²) in [5, 5.41) is 0.589. The van der Waals surface area contributed by atoms with Gasteiger partial charge in [-0.1, -0.05) is 11.6 Å². The van der Waals surface area contributed by atoms with Crippen molar-refractivity contribution in [1.29, 1.82) is 0 Å². The summed E-state index contributed by atoms with van der Waals surface area (Å²) >= 11 is 5.93. The first kappa shape index (κ1) is 13.3. The lowest BCUT2D eigenvalue weighted by molar-refractivity contribution is -0.117. The largest absolute Gasteiger partial charge is 0.322 e. The topological polar surface area (TPSA) is 49.7 Å². The van der Waals surface area contributed by atoms with Crippen LogP contribution in [0.1, 0.15) is 5.56 Å². The van der Waals surface area contributed by atoms with Gasteiger partial charge in [-0.25, -0.2) is 0 Å². The average Bonchev–Trinajstić information content (AvgIpc) is 2.37. The first-order chi connectivity index (χ1) is 8.37. The normalized spacial score (nSPS) is 15.5. The van der Waals surface area contributed by atoms with Crippen molar-refractivity contribution in [3.63, 3.8) is 0 Å². The van der Waals surface area contributed by atoms with Gasteiger partial charge in [-0.05, 0) is 31.5 Å². The van der Waals surface area contributed by atoms with E-state index in [4.69, 9.17) is 11.6 Å². The van der Waals surface area contributed by atoms with Gasteiger partial charge in [0.25, 0.3) is 0 Å². The Bertz CT molecular complexity index is 565. The second kappa shape index (κ2) is 4.87. The van der Waals surface area contributed by atoms with Crippen molar-refractivity contribution in [2.75, 3.05) is 31.1 Å². The fourth-order valence-corrected chi connectivity index (χ4v) is 2.98. The Morgan fingerprint density at radius 2 is 2.17 bits per heavy atom. The lowest BCUT2D eigenvalue weighted by Gasteiger charge is -2.24. The average molecular weight is 285 g/mol. The van der Waals surface area contributed by atoms with Crippen LogP contribution in [0.25, 0.3) is 0 Å². The van der Waals surface area contributed by atoms with Crippen LogP contribution in [0, 0.1) is 0 Å². The highest BCUT2D eigenvalue weighted by molar-refractivity contribution is 7.62. The quantitative estimate of drug-likeness (QED) is 0.784. The molecule has 0 aromatic heterocycles. The summed E-state index contributed by atoms with van der Waals surface area (Å²) in [7, 11) is -2.34. The predicted octanol–water partition coefficient (Wildman–Crippen LogP) is 2.69. The predicted molar refractivity (Wildman–Crippen MR) is 75.7 cm³/mol. The van der Waals surface area contributed by atoms with E-state index in [-0.39, 0.29) is 18.7 Å². The zero-order valence-electron chi connectivity index (χ0n) is 10.3. The minimum atomic E-state index is -2.34. The number of halogens is 1. The van der Waals surface area contributed by atoms with Crippen LogP contribution in [0.5, 0.6) is 0 Å². The highest BCUT2D eigenvalue weighted by Crippen LogP contribution is 2.39. The Labute approximate surface area is 111 Å². The third kappa shape index (κ3) is 3.01.